The van der Waals surface area contributed by atoms with Crippen molar-refractivity contribution >= 4 is 17.9 Å². The first-order valence-corrected chi connectivity index (χ1v) is 7.68. The van der Waals surface area contributed by atoms with Crippen LogP contribution >= 0.6 is 0 Å². The summed E-state index contributed by atoms with van der Waals surface area (Å²) >= 11 is 0. The van der Waals surface area contributed by atoms with Crippen LogP contribution < -0.4 is 11.1 Å². The van der Waals surface area contributed by atoms with Crippen molar-refractivity contribution in [1.29, 1.82) is 0 Å². The molecular weight excluding hydrogens is 286 g/mol. The zero-order valence-corrected chi connectivity index (χ0v) is 14.1. The highest BCUT2D eigenvalue weighted by Crippen LogP contribution is 2.20. The molecule has 3 amide bonds. The monoisotopic (exact) mass is 314 g/mol. The summed E-state index contributed by atoms with van der Waals surface area (Å²) in [5.74, 6) is -0.618. The molecule has 2 atom stereocenters. The zero-order valence-electron chi connectivity index (χ0n) is 14.1. The predicted octanol–water partition coefficient (Wildman–Crippen LogP) is 0.295. The fourth-order valence-electron chi connectivity index (χ4n) is 2.49. The maximum atomic E-state index is 12.7. The molecule has 7 nitrogen and oxygen atoms in total. The lowest BCUT2D eigenvalue weighted by atomic mass is 10.0. The molecule has 126 valence electrons. The van der Waals surface area contributed by atoms with E-state index in [4.69, 9.17) is 4.74 Å². The van der Waals surface area contributed by atoms with Crippen molar-refractivity contribution in [2.45, 2.75) is 65.1 Å². The molecule has 4 N–H and O–H groups in total. The van der Waals surface area contributed by atoms with Crippen molar-refractivity contribution in [2.75, 3.05) is 6.54 Å². The third-order valence-corrected chi connectivity index (χ3v) is 3.51. The molecule has 1 aliphatic heterocycles. The minimum Gasteiger partial charge on any atom is -0.444 e. The first-order valence-electron chi connectivity index (χ1n) is 7.68. The Morgan fingerprint density at radius 1 is 1.27 bits per heavy atom. The average Bonchev–Trinajstić information content (AvgIpc) is 2.81. The molecular formula is C15H28N3O4+. The fourth-order valence-corrected chi connectivity index (χ4v) is 2.49. The van der Waals surface area contributed by atoms with Crippen molar-refractivity contribution in [3.05, 3.63) is 0 Å². The SMILES string of the molecule is CC(C)C(NC(=O)OC(C)(C)C)C(=O)N1CCCC1C([NH3+])=O. The normalized spacial score (nSPS) is 20.0. The van der Waals surface area contributed by atoms with E-state index in [0.29, 0.717) is 13.0 Å². The summed E-state index contributed by atoms with van der Waals surface area (Å²) in [5.41, 5.74) is 2.79. The smallest absolute Gasteiger partial charge is 0.408 e. The van der Waals surface area contributed by atoms with Gasteiger partial charge in [-0.1, -0.05) is 13.8 Å². The third kappa shape index (κ3) is 4.98. The number of ether oxygens (including phenoxy) is 1. The number of hydrogen-bond donors (Lipinski definition) is 2. The topological polar surface area (TPSA) is 103 Å². The summed E-state index contributed by atoms with van der Waals surface area (Å²) in [7, 11) is 0. The van der Waals surface area contributed by atoms with Crippen molar-refractivity contribution in [1.82, 2.24) is 10.2 Å². The van der Waals surface area contributed by atoms with Crippen molar-refractivity contribution in [2.24, 2.45) is 5.92 Å². The van der Waals surface area contributed by atoms with E-state index in [9.17, 15) is 14.4 Å². The van der Waals surface area contributed by atoms with Gasteiger partial charge in [0.1, 0.15) is 17.7 Å². The van der Waals surface area contributed by atoms with Gasteiger partial charge in [-0.2, -0.15) is 0 Å². The number of quaternary nitrogens is 1. The van der Waals surface area contributed by atoms with E-state index in [1.54, 1.807) is 20.8 Å². The number of likely N-dealkylation sites (tertiary alicyclic amines) is 1. The average molecular weight is 314 g/mol. The van der Waals surface area contributed by atoms with Crippen molar-refractivity contribution in [3.63, 3.8) is 0 Å². The van der Waals surface area contributed by atoms with Gasteiger partial charge in [-0.15, -0.1) is 0 Å². The summed E-state index contributed by atoms with van der Waals surface area (Å²) in [6.45, 7) is 9.49. The number of nitrogens with one attached hydrogen (secondary N) is 1. The van der Waals surface area contributed by atoms with Gasteiger partial charge in [-0.05, 0) is 39.5 Å². The predicted molar refractivity (Wildman–Crippen MR) is 80.6 cm³/mol. The second-order valence-electron chi connectivity index (χ2n) is 7.02. The fraction of sp³-hybridized carbons (Fsp3) is 0.800. The van der Waals surface area contributed by atoms with Crippen molar-refractivity contribution in [3.8, 4) is 0 Å². The van der Waals surface area contributed by atoms with Crippen LogP contribution in [0, 0.1) is 5.92 Å². The number of carbonyl (C=O) groups is 3. The summed E-state index contributed by atoms with van der Waals surface area (Å²) in [6, 6.07) is -1.19. The molecule has 0 aromatic carbocycles. The number of rotatable bonds is 4. The Bertz CT molecular complexity index is 443. The lowest BCUT2D eigenvalue weighted by Crippen LogP contribution is -2.66. The quantitative estimate of drug-likeness (QED) is 0.778. The Labute approximate surface area is 131 Å². The highest BCUT2D eigenvalue weighted by Gasteiger charge is 2.39. The molecule has 0 saturated carbocycles. The molecule has 0 aliphatic carbocycles. The van der Waals surface area contributed by atoms with Gasteiger partial charge in [0.2, 0.25) is 5.91 Å². The summed E-state index contributed by atoms with van der Waals surface area (Å²) in [4.78, 5) is 37.7. The lowest BCUT2D eigenvalue weighted by Gasteiger charge is -2.29. The molecule has 7 heteroatoms. The van der Waals surface area contributed by atoms with Gasteiger partial charge in [-0.3, -0.25) is 10.5 Å². The van der Waals surface area contributed by atoms with E-state index in [1.165, 1.54) is 4.90 Å². The molecule has 1 fully saturated rings. The first kappa shape index (κ1) is 18.4. The Morgan fingerprint density at radius 3 is 2.32 bits per heavy atom. The summed E-state index contributed by atoms with van der Waals surface area (Å²) in [5, 5.41) is 2.63. The Morgan fingerprint density at radius 2 is 1.86 bits per heavy atom. The summed E-state index contributed by atoms with van der Waals surface area (Å²) < 4.78 is 5.21. The van der Waals surface area contributed by atoms with Crippen LogP contribution in [0.4, 0.5) is 4.79 Å². The maximum absolute atomic E-state index is 12.7. The number of alkyl carbamates (subject to hydrolysis) is 1. The van der Waals surface area contributed by atoms with Gasteiger partial charge in [0, 0.05) is 6.54 Å². The van der Waals surface area contributed by atoms with Crippen LogP contribution in [-0.2, 0) is 14.3 Å². The Hall–Kier alpha value is -1.63. The van der Waals surface area contributed by atoms with E-state index >= 15 is 0 Å². The van der Waals surface area contributed by atoms with Crippen LogP contribution in [0.5, 0.6) is 0 Å². The van der Waals surface area contributed by atoms with E-state index in [0.717, 1.165) is 6.42 Å². The molecule has 0 aromatic heterocycles. The second-order valence-corrected chi connectivity index (χ2v) is 7.02. The largest absolute Gasteiger partial charge is 0.444 e. The molecule has 0 spiro atoms. The van der Waals surface area contributed by atoms with Gasteiger partial charge >= 0.3 is 12.0 Å². The minimum atomic E-state index is -0.713. The highest BCUT2D eigenvalue weighted by atomic mass is 16.6. The molecule has 2 unspecified atom stereocenters. The van der Waals surface area contributed by atoms with E-state index < -0.39 is 23.8 Å². The van der Waals surface area contributed by atoms with Gasteiger partial charge in [0.25, 0.3) is 0 Å². The highest BCUT2D eigenvalue weighted by molar-refractivity contribution is 5.89. The second kappa shape index (κ2) is 7.09. The molecule has 1 heterocycles. The summed E-state index contributed by atoms with van der Waals surface area (Å²) in [6.07, 6.45) is 0.775. The van der Waals surface area contributed by atoms with E-state index in [-0.39, 0.29) is 17.7 Å². The molecule has 1 aliphatic rings. The Kier molecular flexibility index (Phi) is 5.93. The van der Waals surface area contributed by atoms with Crippen molar-refractivity contribution < 1.29 is 24.9 Å². The molecule has 1 saturated heterocycles. The van der Waals surface area contributed by atoms with Crippen LogP contribution in [0.25, 0.3) is 0 Å². The minimum absolute atomic E-state index is 0.110. The van der Waals surface area contributed by atoms with Crippen LogP contribution in [0.1, 0.15) is 47.5 Å². The number of amides is 3. The first-order chi connectivity index (χ1) is 10.0. The van der Waals surface area contributed by atoms with Crippen LogP contribution in [-0.4, -0.2) is 47.0 Å². The van der Waals surface area contributed by atoms with Gasteiger partial charge in [0.05, 0.1) is 0 Å². The molecule has 0 aromatic rings. The Balaban J connectivity index is 2.80. The number of carbonyl (C=O) groups excluding carboxylic acids is 3. The lowest BCUT2D eigenvalue weighted by molar-refractivity contribution is -0.310. The third-order valence-electron chi connectivity index (χ3n) is 3.51. The van der Waals surface area contributed by atoms with Crippen LogP contribution in [0.3, 0.4) is 0 Å². The standard InChI is InChI=1S/C15H27N3O4/c1-9(2)11(17-14(21)22-15(3,4)5)13(20)18-8-6-7-10(18)12(16)19/h9-11H,6-8H2,1-5H3,(H2,16,19)(H,17,21)/p+1. The van der Waals surface area contributed by atoms with Gasteiger partial charge in [-0.25, -0.2) is 9.59 Å². The molecule has 0 bridgehead atoms. The maximum Gasteiger partial charge on any atom is 0.408 e. The molecule has 0 radical (unpaired) electrons. The number of hydrogen-bond acceptors (Lipinski definition) is 4. The van der Waals surface area contributed by atoms with Crippen LogP contribution in [0.2, 0.25) is 0 Å². The van der Waals surface area contributed by atoms with E-state index in [1.807, 2.05) is 13.8 Å². The van der Waals surface area contributed by atoms with Gasteiger partial charge in [0.15, 0.2) is 0 Å². The molecule has 1 rings (SSSR count). The van der Waals surface area contributed by atoms with Gasteiger partial charge < -0.3 is 15.0 Å². The zero-order chi connectivity index (χ0) is 17.1. The molecule has 22 heavy (non-hydrogen) atoms. The number of nitrogens with zero attached hydrogens (tertiary/aromatic N) is 1. The van der Waals surface area contributed by atoms with E-state index in [2.05, 4.69) is 11.1 Å². The van der Waals surface area contributed by atoms with Crippen LogP contribution in [0.15, 0.2) is 0 Å².